The third-order valence-corrected chi connectivity index (χ3v) is 8.58. The Morgan fingerprint density at radius 2 is 1.76 bits per heavy atom. The summed E-state index contributed by atoms with van der Waals surface area (Å²) in [4.78, 5) is 22.7. The average Bonchev–Trinajstić information content (AvgIpc) is 3.56. The number of para-hydroxylation sites is 3. The number of halogens is 2. The van der Waals surface area contributed by atoms with E-state index in [-0.39, 0.29) is 23.0 Å². The van der Waals surface area contributed by atoms with Crippen LogP contribution in [0.15, 0.2) is 77.9 Å². The molecule has 1 aliphatic heterocycles. The number of aromatic amines is 1. The highest BCUT2D eigenvalue weighted by atomic mass is 19.1. The first-order valence-electron chi connectivity index (χ1n) is 14.7. The highest BCUT2D eigenvalue weighted by Crippen LogP contribution is 2.45. The van der Waals surface area contributed by atoms with Crippen LogP contribution in [0.3, 0.4) is 0 Å². The highest BCUT2D eigenvalue weighted by molar-refractivity contribution is 6.08. The Balaban J connectivity index is 1.48. The number of aromatic hydroxyl groups is 1. The van der Waals surface area contributed by atoms with Crippen LogP contribution in [0.2, 0.25) is 0 Å². The fraction of sp³-hybridized carbons (Fsp3) is 0.206. The van der Waals surface area contributed by atoms with Gasteiger partial charge in [-0.15, -0.1) is 0 Å². The molecule has 0 spiro atoms. The number of rotatable bonds is 6. The van der Waals surface area contributed by atoms with Gasteiger partial charge >= 0.3 is 5.69 Å². The van der Waals surface area contributed by atoms with E-state index in [1.54, 1.807) is 22.9 Å². The number of pyridine rings is 1. The minimum Gasteiger partial charge on any atom is -0.506 e. The number of piperidine rings is 1. The van der Waals surface area contributed by atoms with Crippen molar-refractivity contribution in [2.24, 2.45) is 5.73 Å². The molecule has 1 saturated heterocycles. The minimum absolute atomic E-state index is 0.0311. The third kappa shape index (κ3) is 4.99. The second-order valence-electron chi connectivity index (χ2n) is 11.4. The van der Waals surface area contributed by atoms with E-state index in [0.29, 0.717) is 65.2 Å². The van der Waals surface area contributed by atoms with Crippen LogP contribution < -0.4 is 16.3 Å². The summed E-state index contributed by atoms with van der Waals surface area (Å²) in [6.45, 7) is 1.88. The van der Waals surface area contributed by atoms with Crippen LogP contribution >= 0.6 is 0 Å². The van der Waals surface area contributed by atoms with Gasteiger partial charge in [-0.25, -0.2) is 18.6 Å². The maximum absolute atomic E-state index is 14.5. The van der Waals surface area contributed by atoms with Crippen molar-refractivity contribution >= 4 is 27.8 Å². The monoisotopic (exact) mass is 605 g/mol. The molecule has 3 aromatic carbocycles. The van der Waals surface area contributed by atoms with Crippen LogP contribution in [-0.2, 0) is 13.1 Å². The van der Waals surface area contributed by atoms with Crippen molar-refractivity contribution in [1.29, 1.82) is 5.26 Å². The summed E-state index contributed by atoms with van der Waals surface area (Å²) >= 11 is 0. The number of imidazole rings is 1. The van der Waals surface area contributed by atoms with Crippen LogP contribution in [-0.4, -0.2) is 43.3 Å². The molecule has 0 radical (unpaired) electrons. The number of benzene rings is 3. The SMILES string of the molecule is N#Cc1cccc(-c2cn(CCn3c(=O)[nH]c4ccccc43)c3ncc(-c4cc(F)cc(F)c4)c(N4CCC(N)CC4)c23)c1O. The van der Waals surface area contributed by atoms with Crippen molar-refractivity contribution in [3.63, 3.8) is 0 Å². The minimum atomic E-state index is -0.710. The van der Waals surface area contributed by atoms with Gasteiger partial charge in [-0.3, -0.25) is 4.57 Å². The molecule has 4 heterocycles. The zero-order valence-corrected chi connectivity index (χ0v) is 24.2. The standard InChI is InChI=1S/C34H29F2N7O2/c35-22-14-21(15-23(36)16-22)26-18-39-33-30(31(26)41-10-8-24(38)9-11-41)27(25-5-3-4-20(17-37)32(25)44)19-42(33)12-13-43-29-7-2-1-6-28(29)40-34(43)45/h1-7,14-16,18-19,24,44H,8-13,38H2,(H,40,45). The lowest BCUT2D eigenvalue weighted by Crippen LogP contribution is -2.40. The second-order valence-corrected chi connectivity index (χ2v) is 11.4. The quantitative estimate of drug-likeness (QED) is 0.230. The Kier molecular flexibility index (Phi) is 7.06. The zero-order chi connectivity index (χ0) is 31.2. The molecule has 7 rings (SSSR count). The molecule has 0 aliphatic carbocycles. The maximum Gasteiger partial charge on any atom is 0.326 e. The Bertz CT molecular complexity index is 2170. The van der Waals surface area contributed by atoms with Crippen molar-refractivity contribution in [2.45, 2.75) is 32.0 Å². The molecule has 0 saturated carbocycles. The fourth-order valence-electron chi connectivity index (χ4n) is 6.37. The van der Waals surface area contributed by atoms with Crippen LogP contribution in [0.4, 0.5) is 14.5 Å². The Labute approximate surface area is 256 Å². The molecule has 6 aromatic rings. The largest absolute Gasteiger partial charge is 0.506 e. The van der Waals surface area contributed by atoms with Gasteiger partial charge in [0, 0.05) is 67.4 Å². The van der Waals surface area contributed by atoms with Crippen molar-refractivity contribution < 1.29 is 13.9 Å². The van der Waals surface area contributed by atoms with E-state index in [2.05, 4.69) is 9.88 Å². The number of nitriles is 1. The Morgan fingerprint density at radius 1 is 1.00 bits per heavy atom. The van der Waals surface area contributed by atoms with Gasteiger partial charge in [0.2, 0.25) is 0 Å². The lowest BCUT2D eigenvalue weighted by atomic mass is 9.95. The lowest BCUT2D eigenvalue weighted by Gasteiger charge is -2.34. The van der Waals surface area contributed by atoms with E-state index < -0.39 is 11.6 Å². The first-order valence-corrected chi connectivity index (χ1v) is 14.7. The van der Waals surface area contributed by atoms with Crippen molar-refractivity contribution in [2.75, 3.05) is 18.0 Å². The van der Waals surface area contributed by atoms with Crippen LogP contribution in [0, 0.1) is 23.0 Å². The van der Waals surface area contributed by atoms with Gasteiger partial charge in [-0.05, 0) is 48.7 Å². The van der Waals surface area contributed by atoms with Crippen LogP contribution in [0.5, 0.6) is 5.75 Å². The summed E-state index contributed by atoms with van der Waals surface area (Å²) in [6, 6.07) is 17.9. The van der Waals surface area contributed by atoms with Crippen LogP contribution in [0.25, 0.3) is 44.3 Å². The summed E-state index contributed by atoms with van der Waals surface area (Å²) in [5.74, 6) is -1.60. The van der Waals surface area contributed by atoms with Gasteiger partial charge in [0.05, 0.1) is 27.7 Å². The number of fused-ring (bicyclic) bond motifs is 2. The van der Waals surface area contributed by atoms with Crippen molar-refractivity contribution in [3.05, 3.63) is 101 Å². The molecular weight excluding hydrogens is 576 g/mol. The topological polar surface area (TPSA) is 129 Å². The van der Waals surface area contributed by atoms with E-state index >= 15 is 0 Å². The molecule has 4 N–H and O–H groups in total. The third-order valence-electron chi connectivity index (χ3n) is 8.58. The predicted molar refractivity (Wildman–Crippen MR) is 169 cm³/mol. The van der Waals surface area contributed by atoms with Gasteiger partial charge < -0.3 is 25.3 Å². The van der Waals surface area contributed by atoms with E-state index in [0.717, 1.165) is 29.9 Å². The van der Waals surface area contributed by atoms with E-state index in [9.17, 15) is 23.9 Å². The molecule has 45 heavy (non-hydrogen) atoms. The van der Waals surface area contributed by atoms with Crippen molar-refractivity contribution in [1.82, 2.24) is 19.1 Å². The molecular formula is C34H29F2N7O2. The number of phenols is 1. The molecule has 0 unspecified atom stereocenters. The number of H-pyrrole nitrogens is 1. The summed E-state index contributed by atoms with van der Waals surface area (Å²) in [5, 5.41) is 21.6. The molecule has 0 amide bonds. The van der Waals surface area contributed by atoms with Gasteiger partial charge in [0.1, 0.15) is 29.1 Å². The summed E-state index contributed by atoms with van der Waals surface area (Å²) < 4.78 is 32.6. The number of nitrogens with two attached hydrogens (primary N) is 1. The molecule has 0 atom stereocenters. The predicted octanol–water partition coefficient (Wildman–Crippen LogP) is 5.50. The van der Waals surface area contributed by atoms with E-state index in [1.807, 2.05) is 41.1 Å². The zero-order valence-electron chi connectivity index (χ0n) is 24.2. The van der Waals surface area contributed by atoms with Crippen molar-refractivity contribution in [3.8, 4) is 34.1 Å². The van der Waals surface area contributed by atoms with Gasteiger partial charge in [0.15, 0.2) is 0 Å². The average molecular weight is 606 g/mol. The molecule has 0 bridgehead atoms. The van der Waals surface area contributed by atoms with Gasteiger partial charge in [0.25, 0.3) is 0 Å². The maximum atomic E-state index is 14.5. The highest BCUT2D eigenvalue weighted by Gasteiger charge is 2.27. The molecule has 1 fully saturated rings. The number of hydrogen-bond donors (Lipinski definition) is 3. The molecule has 9 nitrogen and oxygen atoms in total. The molecule has 226 valence electrons. The van der Waals surface area contributed by atoms with Crippen LogP contribution in [0.1, 0.15) is 18.4 Å². The number of hydrogen-bond acceptors (Lipinski definition) is 6. The summed E-state index contributed by atoms with van der Waals surface area (Å²) in [7, 11) is 0. The lowest BCUT2D eigenvalue weighted by molar-refractivity contribution is 0.475. The molecule has 11 heteroatoms. The molecule has 1 aliphatic rings. The van der Waals surface area contributed by atoms with Gasteiger partial charge in [-0.2, -0.15) is 5.26 Å². The van der Waals surface area contributed by atoms with Gasteiger partial charge in [-0.1, -0.05) is 24.3 Å². The normalized spacial score (nSPS) is 14.0. The number of anilines is 1. The Morgan fingerprint density at radius 3 is 2.51 bits per heavy atom. The number of aromatic nitrogens is 4. The first kappa shape index (κ1) is 28.3. The smallest absolute Gasteiger partial charge is 0.326 e. The van der Waals surface area contributed by atoms with E-state index in [4.69, 9.17) is 10.7 Å². The second kappa shape index (κ2) is 11.2. The number of aryl methyl sites for hydroxylation is 2. The van der Waals surface area contributed by atoms with E-state index in [1.165, 1.54) is 18.2 Å². The Hall–Kier alpha value is -5.47. The summed E-state index contributed by atoms with van der Waals surface area (Å²) in [6.07, 6.45) is 4.90. The summed E-state index contributed by atoms with van der Waals surface area (Å²) in [5.41, 5.74) is 10.8. The first-order chi connectivity index (χ1) is 21.8. The molecule has 3 aromatic heterocycles. The fourth-order valence-corrected chi connectivity index (χ4v) is 6.37. The number of nitrogens with one attached hydrogen (secondary N) is 1. The number of nitrogens with zero attached hydrogens (tertiary/aromatic N) is 5. The number of phenolic OH excluding ortho intramolecular Hbond substituents is 1.